The molecule has 0 heterocycles. The molecule has 1 aromatic carbocycles. The summed E-state index contributed by atoms with van der Waals surface area (Å²) in [5.74, 6) is 2.45. The molecule has 3 nitrogen and oxygen atoms in total. The molecule has 4 saturated carbocycles. The van der Waals surface area contributed by atoms with Crippen LogP contribution in [0.1, 0.15) is 90.5 Å². The zero-order valence-corrected chi connectivity index (χ0v) is 21.0. The zero-order valence-electron chi connectivity index (χ0n) is 21.0. The maximum Gasteiger partial charge on any atom is 0.0653 e. The fraction of sp³-hybridized carbons (Fsp3) is 0.800. The van der Waals surface area contributed by atoms with Crippen molar-refractivity contribution in [3.8, 4) is 0 Å². The highest BCUT2D eigenvalue weighted by Gasteiger charge is 2.63. The van der Waals surface area contributed by atoms with E-state index < -0.39 is 5.60 Å². The van der Waals surface area contributed by atoms with Crippen LogP contribution in [0.15, 0.2) is 30.3 Å². The molecule has 10 atom stereocenters. The van der Waals surface area contributed by atoms with E-state index >= 15 is 0 Å². The second-order valence-electron chi connectivity index (χ2n) is 13.1. The van der Waals surface area contributed by atoms with Crippen molar-refractivity contribution in [1.29, 1.82) is 0 Å². The SMILES string of the molecule is CC(O)(CCCc1ccccc1)[C@H]1CC[C@H]2[C@@H]3C[C@H](O)[C@H]4C[C@@H](O)CC[C@]4(C)[C@H]3CC[C@]12C. The molecule has 0 radical (unpaired) electrons. The number of benzene rings is 1. The lowest BCUT2D eigenvalue weighted by atomic mass is 9.43. The van der Waals surface area contributed by atoms with Crippen molar-refractivity contribution in [3.05, 3.63) is 35.9 Å². The van der Waals surface area contributed by atoms with Gasteiger partial charge < -0.3 is 15.3 Å². The van der Waals surface area contributed by atoms with E-state index in [1.807, 2.05) is 0 Å². The van der Waals surface area contributed by atoms with Crippen LogP contribution >= 0.6 is 0 Å². The number of aliphatic hydroxyl groups excluding tert-OH is 2. The molecule has 0 bridgehead atoms. The van der Waals surface area contributed by atoms with Crippen LogP contribution in [-0.2, 0) is 6.42 Å². The number of aliphatic hydroxyl groups is 3. The Hall–Kier alpha value is -0.900. The Morgan fingerprint density at radius 1 is 0.879 bits per heavy atom. The Morgan fingerprint density at radius 3 is 2.33 bits per heavy atom. The summed E-state index contributed by atoms with van der Waals surface area (Å²) in [5.41, 5.74) is 1.08. The van der Waals surface area contributed by atoms with Crippen LogP contribution in [0.5, 0.6) is 0 Å². The number of hydrogen-bond donors (Lipinski definition) is 3. The fourth-order valence-corrected chi connectivity index (χ4v) is 9.77. The maximum absolute atomic E-state index is 11.7. The molecule has 0 aromatic heterocycles. The summed E-state index contributed by atoms with van der Waals surface area (Å²) in [7, 11) is 0. The van der Waals surface area contributed by atoms with Gasteiger partial charge in [-0.1, -0.05) is 44.2 Å². The summed E-state index contributed by atoms with van der Waals surface area (Å²) >= 11 is 0. The average molecular weight is 455 g/mol. The highest BCUT2D eigenvalue weighted by atomic mass is 16.3. The van der Waals surface area contributed by atoms with Crippen molar-refractivity contribution in [1.82, 2.24) is 0 Å². The highest BCUT2D eigenvalue weighted by molar-refractivity contribution is 5.15. The van der Waals surface area contributed by atoms with Gasteiger partial charge in [0, 0.05) is 0 Å². The molecule has 0 saturated heterocycles. The number of aryl methyl sites for hydroxylation is 1. The molecule has 4 fully saturated rings. The van der Waals surface area contributed by atoms with E-state index in [1.165, 1.54) is 24.8 Å². The summed E-state index contributed by atoms with van der Waals surface area (Å²) in [6.45, 7) is 7.01. The molecule has 4 aliphatic rings. The van der Waals surface area contributed by atoms with Crippen molar-refractivity contribution < 1.29 is 15.3 Å². The van der Waals surface area contributed by atoms with E-state index in [0.717, 1.165) is 51.4 Å². The molecular formula is C30H46O3. The van der Waals surface area contributed by atoms with E-state index in [-0.39, 0.29) is 29.0 Å². The molecular weight excluding hydrogens is 408 g/mol. The quantitative estimate of drug-likeness (QED) is 0.531. The molecule has 4 aliphatic carbocycles. The second kappa shape index (κ2) is 8.64. The third-order valence-electron chi connectivity index (χ3n) is 11.4. The monoisotopic (exact) mass is 454 g/mol. The standard InChI is InChI=1S/C30H46O3/c1-28-16-13-21(31)18-25(28)26(32)19-22-23-11-12-27(29(23,2)17-14-24(22)28)30(3,33)15-7-10-20-8-5-4-6-9-20/h4-6,8-9,21-27,31-33H,7,10-19H2,1-3H3/t21-,22-,23-,24-,25+,26-,27-,28+,29-,30?/m0/s1. The predicted octanol–water partition coefficient (Wildman–Crippen LogP) is 5.75. The smallest absolute Gasteiger partial charge is 0.0653 e. The van der Waals surface area contributed by atoms with Gasteiger partial charge in [-0.25, -0.2) is 0 Å². The summed E-state index contributed by atoms with van der Waals surface area (Å²) in [6, 6.07) is 10.6. The number of fused-ring (bicyclic) bond motifs is 5. The third kappa shape index (κ3) is 4.00. The second-order valence-corrected chi connectivity index (χ2v) is 13.1. The number of hydrogen-bond acceptors (Lipinski definition) is 3. The first kappa shape index (κ1) is 23.8. The topological polar surface area (TPSA) is 60.7 Å². The molecule has 3 N–H and O–H groups in total. The van der Waals surface area contributed by atoms with Gasteiger partial charge in [0.2, 0.25) is 0 Å². The first-order valence-corrected chi connectivity index (χ1v) is 13.8. The first-order chi connectivity index (χ1) is 15.6. The summed E-state index contributed by atoms with van der Waals surface area (Å²) < 4.78 is 0. The molecule has 33 heavy (non-hydrogen) atoms. The van der Waals surface area contributed by atoms with Crippen LogP contribution in [0, 0.1) is 40.4 Å². The molecule has 3 heteroatoms. The normalized spacial score (nSPS) is 46.7. The predicted molar refractivity (Wildman–Crippen MR) is 133 cm³/mol. The summed E-state index contributed by atoms with van der Waals surface area (Å²) in [6.07, 6.45) is 10.8. The van der Waals surface area contributed by atoms with E-state index in [2.05, 4.69) is 51.1 Å². The molecule has 0 aliphatic heterocycles. The summed E-state index contributed by atoms with van der Waals surface area (Å²) in [4.78, 5) is 0. The summed E-state index contributed by atoms with van der Waals surface area (Å²) in [5, 5.41) is 33.3. The first-order valence-electron chi connectivity index (χ1n) is 13.8. The van der Waals surface area contributed by atoms with Crippen molar-refractivity contribution in [2.45, 2.75) is 109 Å². The maximum atomic E-state index is 11.7. The van der Waals surface area contributed by atoms with Crippen molar-refractivity contribution >= 4 is 0 Å². The number of rotatable bonds is 5. The van der Waals surface area contributed by atoms with E-state index in [4.69, 9.17) is 0 Å². The fourth-order valence-electron chi connectivity index (χ4n) is 9.77. The van der Waals surface area contributed by atoms with Crippen LogP contribution in [0.4, 0.5) is 0 Å². The van der Waals surface area contributed by atoms with Gasteiger partial charge in [0.05, 0.1) is 17.8 Å². The molecule has 0 spiro atoms. The molecule has 5 rings (SSSR count). The van der Waals surface area contributed by atoms with Crippen molar-refractivity contribution in [3.63, 3.8) is 0 Å². The third-order valence-corrected chi connectivity index (χ3v) is 11.4. The lowest BCUT2D eigenvalue weighted by Crippen LogP contribution is -2.59. The Kier molecular flexibility index (Phi) is 6.24. The van der Waals surface area contributed by atoms with Gasteiger partial charge in [-0.05, 0) is 124 Å². The van der Waals surface area contributed by atoms with Crippen LogP contribution in [0.3, 0.4) is 0 Å². The van der Waals surface area contributed by atoms with Gasteiger partial charge in [-0.3, -0.25) is 0 Å². The Balaban J connectivity index is 1.30. The van der Waals surface area contributed by atoms with Gasteiger partial charge in [0.1, 0.15) is 0 Å². The molecule has 1 unspecified atom stereocenters. The Morgan fingerprint density at radius 2 is 1.58 bits per heavy atom. The van der Waals surface area contributed by atoms with E-state index in [9.17, 15) is 15.3 Å². The van der Waals surface area contributed by atoms with Gasteiger partial charge in [0.15, 0.2) is 0 Å². The minimum Gasteiger partial charge on any atom is -0.393 e. The van der Waals surface area contributed by atoms with E-state index in [1.54, 1.807) is 0 Å². The van der Waals surface area contributed by atoms with Crippen molar-refractivity contribution in [2.75, 3.05) is 0 Å². The zero-order chi connectivity index (χ0) is 23.4. The van der Waals surface area contributed by atoms with Gasteiger partial charge >= 0.3 is 0 Å². The van der Waals surface area contributed by atoms with Crippen LogP contribution in [0.25, 0.3) is 0 Å². The molecule has 1 aromatic rings. The van der Waals surface area contributed by atoms with Crippen LogP contribution in [-0.4, -0.2) is 33.1 Å². The van der Waals surface area contributed by atoms with Gasteiger partial charge in [-0.2, -0.15) is 0 Å². The largest absolute Gasteiger partial charge is 0.393 e. The lowest BCUT2D eigenvalue weighted by Gasteiger charge is -2.62. The van der Waals surface area contributed by atoms with Crippen LogP contribution < -0.4 is 0 Å². The van der Waals surface area contributed by atoms with E-state index in [0.29, 0.717) is 23.7 Å². The average Bonchev–Trinajstić information content (AvgIpc) is 3.14. The van der Waals surface area contributed by atoms with Gasteiger partial charge in [-0.15, -0.1) is 0 Å². The molecule has 184 valence electrons. The van der Waals surface area contributed by atoms with Crippen LogP contribution in [0.2, 0.25) is 0 Å². The molecule has 0 amide bonds. The Labute approximate surface area is 201 Å². The van der Waals surface area contributed by atoms with Gasteiger partial charge in [0.25, 0.3) is 0 Å². The highest BCUT2D eigenvalue weighted by Crippen LogP contribution is 2.68. The minimum absolute atomic E-state index is 0.166. The lowest BCUT2D eigenvalue weighted by molar-refractivity contribution is -0.179. The minimum atomic E-state index is -0.625. The Bertz CT molecular complexity index is 821. The van der Waals surface area contributed by atoms with Crippen molar-refractivity contribution in [2.24, 2.45) is 40.4 Å².